The highest BCUT2D eigenvalue weighted by atomic mass is 16.6. The van der Waals surface area contributed by atoms with Gasteiger partial charge >= 0.3 is 5.97 Å². The second-order valence-electron chi connectivity index (χ2n) is 9.31. The number of esters is 1. The molecule has 146 valence electrons. The van der Waals surface area contributed by atoms with Gasteiger partial charge in [0.05, 0.1) is 6.10 Å². The highest BCUT2D eigenvalue weighted by Crippen LogP contribution is 2.55. The molecule has 0 unspecified atom stereocenters. The summed E-state index contributed by atoms with van der Waals surface area (Å²) in [6.07, 6.45) is 3.72. The number of hydrogen-bond donors (Lipinski definition) is 0. The molecule has 3 fully saturated rings. The zero-order valence-electron chi connectivity index (χ0n) is 16.9. The minimum atomic E-state index is -0.756. The van der Waals surface area contributed by atoms with Crippen LogP contribution in [0.2, 0.25) is 0 Å². The molecule has 0 amide bonds. The Hall–Kier alpha value is -1.16. The molecule has 3 aliphatic rings. The number of carbonyl (C=O) groups excluding carboxylic acids is 2. The Morgan fingerprint density at radius 2 is 2.04 bits per heavy atom. The van der Waals surface area contributed by atoms with Gasteiger partial charge in [0.25, 0.3) is 0 Å². The lowest BCUT2D eigenvalue weighted by Gasteiger charge is -2.45. The highest BCUT2D eigenvalue weighted by molar-refractivity contribution is 5.81. The Balaban J connectivity index is 2.05. The van der Waals surface area contributed by atoms with Crippen LogP contribution in [0, 0.1) is 29.6 Å². The number of Topliss-reactive ketones (excluding diaryl/α,β-unsaturated/α-hetero) is 1. The average molecular weight is 363 g/mol. The van der Waals surface area contributed by atoms with Crippen molar-refractivity contribution in [2.45, 2.75) is 84.5 Å². The summed E-state index contributed by atoms with van der Waals surface area (Å²) in [5, 5.41) is 0. The largest absolute Gasteiger partial charge is 0.457 e. The van der Waals surface area contributed by atoms with Crippen LogP contribution in [-0.4, -0.2) is 29.6 Å². The van der Waals surface area contributed by atoms with E-state index in [1.165, 1.54) is 12.5 Å². The number of rotatable bonds is 2. The normalized spacial score (nSPS) is 43.5. The summed E-state index contributed by atoms with van der Waals surface area (Å²) in [5.41, 5.74) is 0.498. The molecule has 26 heavy (non-hydrogen) atoms. The van der Waals surface area contributed by atoms with Crippen molar-refractivity contribution in [1.82, 2.24) is 0 Å². The molecule has 3 rings (SSSR count). The number of ether oxygens (including phenoxy) is 2. The maximum Gasteiger partial charge on any atom is 0.303 e. The molecule has 7 atom stereocenters. The molecule has 1 saturated carbocycles. The quantitative estimate of drug-likeness (QED) is 0.542. The van der Waals surface area contributed by atoms with E-state index in [2.05, 4.69) is 20.4 Å². The summed E-state index contributed by atoms with van der Waals surface area (Å²) >= 11 is 0. The van der Waals surface area contributed by atoms with Gasteiger partial charge in [-0.3, -0.25) is 9.59 Å². The summed E-state index contributed by atoms with van der Waals surface area (Å²) in [4.78, 5) is 24.4. The van der Waals surface area contributed by atoms with Gasteiger partial charge in [0.1, 0.15) is 17.5 Å². The first-order chi connectivity index (χ1) is 12.1. The van der Waals surface area contributed by atoms with Crippen molar-refractivity contribution in [3.63, 3.8) is 0 Å². The SMILES string of the molecule is C=C1CC[C@H](C(C)C)[C@@H]2[C@H]1[C@@H]1C[C@H](C)C(=O)CC[C@](C)(OC(C)=O)[C@H]2O1. The minimum absolute atomic E-state index is 0.00554. The lowest BCUT2D eigenvalue weighted by molar-refractivity contribution is -0.179. The molecule has 4 heteroatoms. The van der Waals surface area contributed by atoms with E-state index in [-0.39, 0.29) is 35.8 Å². The highest BCUT2D eigenvalue weighted by Gasteiger charge is 2.58. The lowest BCUT2D eigenvalue weighted by atomic mass is 9.61. The van der Waals surface area contributed by atoms with Crippen molar-refractivity contribution in [2.75, 3.05) is 0 Å². The van der Waals surface area contributed by atoms with Crippen molar-refractivity contribution in [2.24, 2.45) is 29.6 Å². The van der Waals surface area contributed by atoms with E-state index in [1.807, 2.05) is 13.8 Å². The summed E-state index contributed by atoms with van der Waals surface area (Å²) in [6, 6.07) is 0. The molecule has 0 aromatic rings. The first-order valence-corrected chi connectivity index (χ1v) is 10.2. The second kappa shape index (κ2) is 7.10. The summed E-state index contributed by atoms with van der Waals surface area (Å²) in [7, 11) is 0. The van der Waals surface area contributed by atoms with Crippen molar-refractivity contribution < 1.29 is 19.1 Å². The third-order valence-corrected chi connectivity index (χ3v) is 7.09. The van der Waals surface area contributed by atoms with E-state index in [0.29, 0.717) is 30.6 Å². The van der Waals surface area contributed by atoms with E-state index in [9.17, 15) is 9.59 Å². The fourth-order valence-electron chi connectivity index (χ4n) is 5.75. The topological polar surface area (TPSA) is 52.6 Å². The zero-order valence-corrected chi connectivity index (χ0v) is 16.9. The maximum absolute atomic E-state index is 12.6. The molecule has 0 radical (unpaired) electrons. The number of hydrogen-bond acceptors (Lipinski definition) is 4. The predicted octanol–water partition coefficient (Wildman–Crippen LogP) is 4.32. The van der Waals surface area contributed by atoms with E-state index in [4.69, 9.17) is 9.47 Å². The first-order valence-electron chi connectivity index (χ1n) is 10.2. The van der Waals surface area contributed by atoms with Crippen LogP contribution in [0.15, 0.2) is 12.2 Å². The Kier molecular flexibility index (Phi) is 5.35. The number of fused-ring (bicyclic) bond motifs is 5. The number of carbonyl (C=O) groups is 2. The molecule has 0 spiro atoms. The lowest BCUT2D eigenvalue weighted by Crippen LogP contribution is -2.50. The molecular weight excluding hydrogens is 328 g/mol. The minimum Gasteiger partial charge on any atom is -0.457 e. The van der Waals surface area contributed by atoms with Crippen molar-refractivity contribution in [3.8, 4) is 0 Å². The summed E-state index contributed by atoms with van der Waals surface area (Å²) in [5.74, 6) is 1.58. The Bertz CT molecular complexity index is 595. The standard InChI is InChI=1S/C22H34O4/c1-12(2)16-8-7-13(3)19-18-11-14(4)17(24)9-10-22(6,26-15(5)23)21(25-18)20(16)19/h12,14,16,18-21H,3,7-11H2,1-2,4-6H3/t14-,16+,18-,19+,20+,21-,22-/m0/s1. The molecule has 0 aromatic heterocycles. The van der Waals surface area contributed by atoms with Crippen molar-refractivity contribution in [3.05, 3.63) is 12.2 Å². The Morgan fingerprint density at radius 3 is 2.65 bits per heavy atom. The Labute approximate surface area is 157 Å². The van der Waals surface area contributed by atoms with Crippen LogP contribution in [0.1, 0.15) is 66.7 Å². The average Bonchev–Trinajstić information content (AvgIpc) is 2.93. The van der Waals surface area contributed by atoms with Crippen molar-refractivity contribution in [1.29, 1.82) is 0 Å². The molecule has 2 aliphatic heterocycles. The van der Waals surface area contributed by atoms with Crippen LogP contribution >= 0.6 is 0 Å². The maximum atomic E-state index is 12.6. The van der Waals surface area contributed by atoms with Gasteiger partial charge in [0.2, 0.25) is 0 Å². The molecule has 2 saturated heterocycles. The zero-order chi connectivity index (χ0) is 19.2. The van der Waals surface area contributed by atoms with Crippen LogP contribution in [-0.2, 0) is 19.1 Å². The van der Waals surface area contributed by atoms with Crippen LogP contribution in [0.3, 0.4) is 0 Å². The molecule has 0 N–H and O–H groups in total. The van der Waals surface area contributed by atoms with Gasteiger partial charge in [0.15, 0.2) is 0 Å². The first kappa shape index (κ1) is 19.6. The van der Waals surface area contributed by atoms with E-state index in [1.54, 1.807) is 0 Å². The predicted molar refractivity (Wildman–Crippen MR) is 101 cm³/mol. The molecule has 2 heterocycles. The smallest absolute Gasteiger partial charge is 0.303 e. The van der Waals surface area contributed by atoms with Gasteiger partial charge in [-0.25, -0.2) is 0 Å². The fourth-order valence-corrected chi connectivity index (χ4v) is 5.75. The van der Waals surface area contributed by atoms with Crippen LogP contribution in [0.25, 0.3) is 0 Å². The number of ketones is 1. The summed E-state index contributed by atoms with van der Waals surface area (Å²) < 4.78 is 12.5. The van der Waals surface area contributed by atoms with Crippen LogP contribution < -0.4 is 0 Å². The fraction of sp³-hybridized carbons (Fsp3) is 0.818. The van der Waals surface area contributed by atoms with E-state index in [0.717, 1.165) is 19.3 Å². The molecule has 2 bridgehead atoms. The van der Waals surface area contributed by atoms with Crippen LogP contribution in [0.4, 0.5) is 0 Å². The molecule has 4 nitrogen and oxygen atoms in total. The molecule has 1 aliphatic carbocycles. The van der Waals surface area contributed by atoms with Gasteiger partial charge in [-0.15, -0.1) is 0 Å². The van der Waals surface area contributed by atoms with Gasteiger partial charge in [-0.1, -0.05) is 32.9 Å². The van der Waals surface area contributed by atoms with Gasteiger partial charge < -0.3 is 9.47 Å². The third-order valence-electron chi connectivity index (χ3n) is 7.09. The van der Waals surface area contributed by atoms with E-state index < -0.39 is 5.60 Å². The monoisotopic (exact) mass is 362 g/mol. The summed E-state index contributed by atoms with van der Waals surface area (Å²) in [6.45, 7) is 14.4. The van der Waals surface area contributed by atoms with Gasteiger partial charge in [-0.2, -0.15) is 0 Å². The van der Waals surface area contributed by atoms with E-state index >= 15 is 0 Å². The molecule has 0 aromatic carbocycles. The molecular formula is C22H34O4. The van der Waals surface area contributed by atoms with Gasteiger partial charge in [0, 0.05) is 31.1 Å². The third kappa shape index (κ3) is 3.37. The second-order valence-corrected chi connectivity index (χ2v) is 9.31. The Morgan fingerprint density at radius 1 is 1.35 bits per heavy atom. The van der Waals surface area contributed by atoms with Gasteiger partial charge in [-0.05, 0) is 44.4 Å². The van der Waals surface area contributed by atoms with Crippen molar-refractivity contribution >= 4 is 11.8 Å². The van der Waals surface area contributed by atoms with Crippen LogP contribution in [0.5, 0.6) is 0 Å².